The minimum atomic E-state index is -0.141. The van der Waals surface area contributed by atoms with Crippen molar-refractivity contribution in [3.05, 3.63) is 17.5 Å². The van der Waals surface area contributed by atoms with Crippen LogP contribution in [0.25, 0.3) is 0 Å². The summed E-state index contributed by atoms with van der Waals surface area (Å²) >= 11 is 0. The number of carbonyl (C=O) groups excluding carboxylic acids is 1. The molecular formula is C13H23N3O2. The molecule has 1 rings (SSSR count). The predicted molar refractivity (Wildman–Crippen MR) is 70.2 cm³/mol. The van der Waals surface area contributed by atoms with Crippen LogP contribution in [0.3, 0.4) is 0 Å². The second-order valence-electron chi connectivity index (χ2n) is 4.52. The standard InChI is InChI=1S/C13H23N3O2/c1-5-11-9-12(16(3)14-11)10-15(2)8-6-7-13(17)18-4/h9H,5-8,10H2,1-4H3. The first-order valence-electron chi connectivity index (χ1n) is 6.34. The monoisotopic (exact) mass is 253 g/mol. The van der Waals surface area contributed by atoms with E-state index in [2.05, 4.69) is 34.8 Å². The van der Waals surface area contributed by atoms with Crippen LogP contribution in [0.2, 0.25) is 0 Å². The van der Waals surface area contributed by atoms with Crippen molar-refractivity contribution in [2.45, 2.75) is 32.7 Å². The third kappa shape index (κ3) is 4.49. The molecule has 0 atom stereocenters. The Morgan fingerprint density at radius 1 is 1.56 bits per heavy atom. The Morgan fingerprint density at radius 2 is 2.28 bits per heavy atom. The van der Waals surface area contributed by atoms with Gasteiger partial charge >= 0.3 is 5.97 Å². The molecule has 1 aromatic heterocycles. The number of ether oxygens (including phenoxy) is 1. The fraction of sp³-hybridized carbons (Fsp3) is 0.692. The maximum atomic E-state index is 11.0. The quantitative estimate of drug-likeness (QED) is 0.689. The third-order valence-electron chi connectivity index (χ3n) is 2.97. The second kappa shape index (κ2) is 7.16. The molecule has 0 radical (unpaired) electrons. The van der Waals surface area contributed by atoms with Crippen LogP contribution in [0.4, 0.5) is 0 Å². The van der Waals surface area contributed by atoms with Gasteiger partial charge in [-0.15, -0.1) is 0 Å². The minimum Gasteiger partial charge on any atom is -0.469 e. The highest BCUT2D eigenvalue weighted by atomic mass is 16.5. The van der Waals surface area contributed by atoms with Crippen LogP contribution in [0.5, 0.6) is 0 Å². The number of aryl methyl sites for hydroxylation is 2. The van der Waals surface area contributed by atoms with Crippen molar-refractivity contribution in [1.29, 1.82) is 0 Å². The average Bonchev–Trinajstić information content (AvgIpc) is 2.70. The summed E-state index contributed by atoms with van der Waals surface area (Å²) in [6.45, 7) is 3.83. The van der Waals surface area contributed by atoms with Gasteiger partial charge in [0.25, 0.3) is 0 Å². The molecule has 0 saturated heterocycles. The van der Waals surface area contributed by atoms with Crippen LogP contribution in [-0.4, -0.2) is 41.4 Å². The van der Waals surface area contributed by atoms with E-state index in [4.69, 9.17) is 0 Å². The molecule has 1 aromatic rings. The van der Waals surface area contributed by atoms with Crippen molar-refractivity contribution in [2.75, 3.05) is 20.7 Å². The van der Waals surface area contributed by atoms with Gasteiger partial charge in [0.15, 0.2) is 0 Å². The maximum absolute atomic E-state index is 11.0. The van der Waals surface area contributed by atoms with E-state index >= 15 is 0 Å². The molecule has 0 N–H and O–H groups in total. The molecule has 0 unspecified atom stereocenters. The van der Waals surface area contributed by atoms with Gasteiger partial charge < -0.3 is 9.64 Å². The van der Waals surface area contributed by atoms with E-state index < -0.39 is 0 Å². The SMILES string of the molecule is CCc1cc(CN(C)CCCC(=O)OC)n(C)n1. The van der Waals surface area contributed by atoms with Crippen molar-refractivity contribution >= 4 is 5.97 Å². The molecule has 0 saturated carbocycles. The molecule has 102 valence electrons. The van der Waals surface area contributed by atoms with Gasteiger partial charge in [-0.05, 0) is 32.5 Å². The van der Waals surface area contributed by atoms with Crippen LogP contribution >= 0.6 is 0 Å². The molecule has 0 bridgehead atoms. The minimum absolute atomic E-state index is 0.141. The van der Waals surface area contributed by atoms with E-state index in [9.17, 15) is 4.79 Å². The Morgan fingerprint density at radius 3 is 2.83 bits per heavy atom. The molecule has 1 heterocycles. The van der Waals surface area contributed by atoms with Crippen LogP contribution in [-0.2, 0) is 29.5 Å². The van der Waals surface area contributed by atoms with E-state index in [0.29, 0.717) is 6.42 Å². The largest absolute Gasteiger partial charge is 0.469 e. The highest BCUT2D eigenvalue weighted by Crippen LogP contribution is 2.07. The third-order valence-corrected chi connectivity index (χ3v) is 2.97. The fourth-order valence-electron chi connectivity index (χ4n) is 1.84. The van der Waals surface area contributed by atoms with Gasteiger partial charge in [0.05, 0.1) is 18.5 Å². The lowest BCUT2D eigenvalue weighted by Gasteiger charge is -2.15. The highest BCUT2D eigenvalue weighted by Gasteiger charge is 2.08. The van der Waals surface area contributed by atoms with E-state index in [0.717, 1.165) is 31.6 Å². The molecule has 0 aliphatic rings. The lowest BCUT2D eigenvalue weighted by molar-refractivity contribution is -0.140. The molecule has 0 fully saturated rings. The Bertz CT molecular complexity index is 388. The average molecular weight is 253 g/mol. The summed E-state index contributed by atoms with van der Waals surface area (Å²) in [5.41, 5.74) is 2.32. The molecule has 0 aliphatic carbocycles. The first kappa shape index (κ1) is 14.7. The number of methoxy groups -OCH3 is 1. The van der Waals surface area contributed by atoms with Gasteiger partial charge in [0.2, 0.25) is 0 Å². The lowest BCUT2D eigenvalue weighted by atomic mass is 10.2. The first-order chi connectivity index (χ1) is 8.56. The van der Waals surface area contributed by atoms with Crippen LogP contribution in [0.1, 0.15) is 31.2 Å². The summed E-state index contributed by atoms with van der Waals surface area (Å²) in [6, 6.07) is 2.14. The van der Waals surface area contributed by atoms with Crippen molar-refractivity contribution in [3.8, 4) is 0 Å². The molecule has 0 aliphatic heterocycles. The lowest BCUT2D eigenvalue weighted by Crippen LogP contribution is -2.21. The summed E-state index contributed by atoms with van der Waals surface area (Å²) in [5.74, 6) is -0.141. The smallest absolute Gasteiger partial charge is 0.305 e. The number of nitrogens with zero attached hydrogens (tertiary/aromatic N) is 3. The van der Waals surface area contributed by atoms with E-state index in [-0.39, 0.29) is 5.97 Å². The molecule has 0 spiro atoms. The zero-order valence-corrected chi connectivity index (χ0v) is 11.8. The molecule has 0 amide bonds. The van der Waals surface area contributed by atoms with Gasteiger partial charge in [-0.3, -0.25) is 9.48 Å². The van der Waals surface area contributed by atoms with Crippen LogP contribution < -0.4 is 0 Å². The number of aromatic nitrogens is 2. The first-order valence-corrected chi connectivity index (χ1v) is 6.34. The Balaban J connectivity index is 2.37. The van der Waals surface area contributed by atoms with Crippen LogP contribution in [0.15, 0.2) is 6.07 Å². The van der Waals surface area contributed by atoms with Gasteiger partial charge in [-0.2, -0.15) is 5.10 Å². The molecular weight excluding hydrogens is 230 g/mol. The van der Waals surface area contributed by atoms with Gasteiger partial charge in [0.1, 0.15) is 0 Å². The van der Waals surface area contributed by atoms with Crippen molar-refractivity contribution in [1.82, 2.24) is 14.7 Å². The van der Waals surface area contributed by atoms with Gasteiger partial charge in [0, 0.05) is 20.0 Å². The zero-order valence-electron chi connectivity index (χ0n) is 11.8. The number of esters is 1. The highest BCUT2D eigenvalue weighted by molar-refractivity contribution is 5.69. The van der Waals surface area contributed by atoms with E-state index in [1.807, 2.05) is 11.7 Å². The van der Waals surface area contributed by atoms with Crippen LogP contribution in [0, 0.1) is 0 Å². The molecule has 0 aromatic carbocycles. The van der Waals surface area contributed by atoms with Crippen molar-refractivity contribution in [3.63, 3.8) is 0 Å². The molecule has 5 heteroatoms. The van der Waals surface area contributed by atoms with E-state index in [1.54, 1.807) is 0 Å². The number of hydrogen-bond donors (Lipinski definition) is 0. The summed E-state index contributed by atoms with van der Waals surface area (Å²) in [5, 5.41) is 4.42. The fourth-order valence-corrected chi connectivity index (χ4v) is 1.84. The summed E-state index contributed by atoms with van der Waals surface area (Å²) in [6.07, 6.45) is 2.26. The second-order valence-corrected chi connectivity index (χ2v) is 4.52. The molecule has 18 heavy (non-hydrogen) atoms. The number of rotatable bonds is 7. The van der Waals surface area contributed by atoms with E-state index in [1.165, 1.54) is 12.8 Å². The van der Waals surface area contributed by atoms with Crippen molar-refractivity contribution in [2.24, 2.45) is 7.05 Å². The number of hydrogen-bond acceptors (Lipinski definition) is 4. The Labute approximate surface area is 109 Å². The predicted octanol–water partition coefficient (Wildman–Crippen LogP) is 1.37. The summed E-state index contributed by atoms with van der Waals surface area (Å²) in [7, 11) is 5.45. The summed E-state index contributed by atoms with van der Waals surface area (Å²) < 4.78 is 6.54. The normalized spacial score (nSPS) is 10.9. The Hall–Kier alpha value is -1.36. The van der Waals surface area contributed by atoms with Gasteiger partial charge in [-0.25, -0.2) is 0 Å². The van der Waals surface area contributed by atoms with Crippen molar-refractivity contribution < 1.29 is 9.53 Å². The molecule has 5 nitrogen and oxygen atoms in total. The topological polar surface area (TPSA) is 47.4 Å². The maximum Gasteiger partial charge on any atom is 0.305 e. The zero-order chi connectivity index (χ0) is 13.5. The Kier molecular flexibility index (Phi) is 5.85. The van der Waals surface area contributed by atoms with Gasteiger partial charge in [-0.1, -0.05) is 6.92 Å². The summed E-state index contributed by atoms with van der Waals surface area (Å²) in [4.78, 5) is 13.2. The number of carbonyl (C=O) groups is 1.